The van der Waals surface area contributed by atoms with Gasteiger partial charge in [0.2, 0.25) is 5.88 Å². The van der Waals surface area contributed by atoms with Crippen molar-refractivity contribution in [2.75, 3.05) is 7.11 Å². The number of hydrogen-bond donors (Lipinski definition) is 1. The zero-order valence-electron chi connectivity index (χ0n) is 10.3. The number of aromatic nitrogens is 1. The van der Waals surface area contributed by atoms with Crippen LogP contribution in [-0.2, 0) is 0 Å². The Labute approximate surface area is 106 Å². The highest BCUT2D eigenvalue weighted by atomic mass is 16.5. The summed E-state index contributed by atoms with van der Waals surface area (Å²) in [6.07, 6.45) is 1.01. The number of ether oxygens (including phenoxy) is 2. The largest absolute Gasteiger partial charge is 0.497 e. The second-order valence-electron chi connectivity index (χ2n) is 3.85. The molecule has 0 amide bonds. The minimum atomic E-state index is -0.619. The van der Waals surface area contributed by atoms with Crippen LogP contribution in [-0.4, -0.2) is 17.2 Å². The molecule has 2 rings (SSSR count). The summed E-state index contributed by atoms with van der Waals surface area (Å²) in [4.78, 5) is 4.12. The maximum absolute atomic E-state index is 9.62. The van der Waals surface area contributed by atoms with Crippen LogP contribution in [0.5, 0.6) is 17.4 Å². The van der Waals surface area contributed by atoms with Crippen LogP contribution in [0.25, 0.3) is 0 Å². The highest BCUT2D eigenvalue weighted by Gasteiger charge is 2.10. The standard InChI is InChI=1S/C14H15NO3/c1-10(16)13-4-3-9-15-14(13)18-12-7-5-11(17-2)6-8-12/h3-10,16H,1-2H3/t10-/m0/s1. The summed E-state index contributed by atoms with van der Waals surface area (Å²) in [6, 6.07) is 10.7. The van der Waals surface area contributed by atoms with Crippen LogP contribution in [0.2, 0.25) is 0 Å². The summed E-state index contributed by atoms with van der Waals surface area (Å²) in [5, 5.41) is 9.62. The van der Waals surface area contributed by atoms with Gasteiger partial charge in [0.25, 0.3) is 0 Å². The van der Waals surface area contributed by atoms with Crippen molar-refractivity contribution in [2.24, 2.45) is 0 Å². The normalized spacial score (nSPS) is 11.9. The van der Waals surface area contributed by atoms with E-state index < -0.39 is 6.10 Å². The molecule has 0 aliphatic heterocycles. The fraction of sp³-hybridized carbons (Fsp3) is 0.214. The van der Waals surface area contributed by atoms with Crippen LogP contribution in [0, 0.1) is 0 Å². The first-order valence-corrected chi connectivity index (χ1v) is 5.65. The van der Waals surface area contributed by atoms with Crippen LogP contribution >= 0.6 is 0 Å². The first kappa shape index (κ1) is 12.4. The van der Waals surface area contributed by atoms with E-state index in [0.29, 0.717) is 17.2 Å². The molecule has 94 valence electrons. The third-order valence-corrected chi connectivity index (χ3v) is 2.52. The number of aliphatic hydroxyl groups excluding tert-OH is 1. The van der Waals surface area contributed by atoms with Gasteiger partial charge in [-0.2, -0.15) is 0 Å². The van der Waals surface area contributed by atoms with E-state index >= 15 is 0 Å². The lowest BCUT2D eigenvalue weighted by Gasteiger charge is -2.11. The van der Waals surface area contributed by atoms with E-state index in [1.54, 1.807) is 56.6 Å². The Morgan fingerprint density at radius 3 is 2.39 bits per heavy atom. The van der Waals surface area contributed by atoms with Crippen molar-refractivity contribution in [1.29, 1.82) is 0 Å². The van der Waals surface area contributed by atoms with Crippen molar-refractivity contribution in [2.45, 2.75) is 13.0 Å². The fourth-order valence-electron chi connectivity index (χ4n) is 1.56. The van der Waals surface area contributed by atoms with Crippen molar-refractivity contribution in [3.63, 3.8) is 0 Å². The Hall–Kier alpha value is -2.07. The minimum Gasteiger partial charge on any atom is -0.497 e. The first-order valence-electron chi connectivity index (χ1n) is 5.65. The van der Waals surface area contributed by atoms with E-state index in [4.69, 9.17) is 9.47 Å². The Kier molecular flexibility index (Phi) is 3.79. The molecular formula is C14H15NO3. The summed E-state index contributed by atoms with van der Waals surface area (Å²) in [5.41, 5.74) is 0.660. The number of benzene rings is 1. The Morgan fingerprint density at radius 2 is 1.78 bits per heavy atom. The number of pyridine rings is 1. The van der Waals surface area contributed by atoms with Crippen LogP contribution in [0.1, 0.15) is 18.6 Å². The second-order valence-corrected chi connectivity index (χ2v) is 3.85. The molecule has 0 unspecified atom stereocenters. The van der Waals surface area contributed by atoms with E-state index in [1.165, 1.54) is 0 Å². The third-order valence-electron chi connectivity index (χ3n) is 2.52. The molecule has 1 aromatic heterocycles. The van der Waals surface area contributed by atoms with Crippen LogP contribution in [0.15, 0.2) is 42.6 Å². The lowest BCUT2D eigenvalue weighted by molar-refractivity contribution is 0.194. The number of nitrogens with zero attached hydrogens (tertiary/aromatic N) is 1. The van der Waals surface area contributed by atoms with E-state index in [9.17, 15) is 5.11 Å². The zero-order valence-corrected chi connectivity index (χ0v) is 10.3. The van der Waals surface area contributed by atoms with Gasteiger partial charge >= 0.3 is 0 Å². The first-order chi connectivity index (χ1) is 8.70. The minimum absolute atomic E-state index is 0.415. The number of aliphatic hydroxyl groups is 1. The molecule has 0 aliphatic carbocycles. The Balaban J connectivity index is 2.22. The average molecular weight is 245 g/mol. The summed E-state index contributed by atoms with van der Waals surface area (Å²) in [5.74, 6) is 1.83. The highest BCUT2D eigenvalue weighted by molar-refractivity contribution is 5.36. The van der Waals surface area contributed by atoms with Gasteiger partial charge in [-0.1, -0.05) is 0 Å². The van der Waals surface area contributed by atoms with Crippen molar-refractivity contribution < 1.29 is 14.6 Å². The molecule has 1 aromatic carbocycles. The monoisotopic (exact) mass is 245 g/mol. The highest BCUT2D eigenvalue weighted by Crippen LogP contribution is 2.28. The molecule has 0 fully saturated rings. The van der Waals surface area contributed by atoms with E-state index in [0.717, 1.165) is 5.75 Å². The molecule has 1 heterocycles. The van der Waals surface area contributed by atoms with Crippen molar-refractivity contribution >= 4 is 0 Å². The molecule has 0 radical (unpaired) electrons. The molecule has 0 spiro atoms. The number of hydrogen-bond acceptors (Lipinski definition) is 4. The van der Waals surface area contributed by atoms with Crippen molar-refractivity contribution in [3.8, 4) is 17.4 Å². The van der Waals surface area contributed by atoms with E-state index in [-0.39, 0.29) is 0 Å². The van der Waals surface area contributed by atoms with Gasteiger partial charge in [-0.15, -0.1) is 0 Å². The number of methoxy groups -OCH3 is 1. The quantitative estimate of drug-likeness (QED) is 0.899. The zero-order chi connectivity index (χ0) is 13.0. The smallest absolute Gasteiger partial charge is 0.225 e. The summed E-state index contributed by atoms with van der Waals surface area (Å²) in [7, 11) is 1.61. The van der Waals surface area contributed by atoms with Gasteiger partial charge in [-0.3, -0.25) is 0 Å². The fourth-order valence-corrected chi connectivity index (χ4v) is 1.56. The van der Waals surface area contributed by atoms with Crippen LogP contribution in [0.3, 0.4) is 0 Å². The summed E-state index contributed by atoms with van der Waals surface area (Å²) in [6.45, 7) is 1.68. The van der Waals surface area contributed by atoms with Gasteiger partial charge in [-0.05, 0) is 43.3 Å². The molecule has 0 bridgehead atoms. The molecule has 0 saturated carbocycles. The predicted molar refractivity (Wildman–Crippen MR) is 67.9 cm³/mol. The topological polar surface area (TPSA) is 51.6 Å². The van der Waals surface area contributed by atoms with Crippen molar-refractivity contribution in [1.82, 2.24) is 4.98 Å². The molecule has 0 saturated heterocycles. The summed E-state index contributed by atoms with van der Waals surface area (Å²) >= 11 is 0. The van der Waals surface area contributed by atoms with E-state index in [2.05, 4.69) is 4.98 Å². The van der Waals surface area contributed by atoms with Crippen LogP contribution < -0.4 is 9.47 Å². The lowest BCUT2D eigenvalue weighted by Crippen LogP contribution is -1.98. The van der Waals surface area contributed by atoms with Gasteiger partial charge in [0.1, 0.15) is 11.5 Å². The molecule has 0 aliphatic rings. The Bertz CT molecular complexity index is 509. The van der Waals surface area contributed by atoms with Crippen molar-refractivity contribution in [3.05, 3.63) is 48.2 Å². The maximum atomic E-state index is 9.62. The van der Waals surface area contributed by atoms with Crippen LogP contribution in [0.4, 0.5) is 0 Å². The predicted octanol–water partition coefficient (Wildman–Crippen LogP) is 2.94. The second kappa shape index (κ2) is 5.51. The molecular weight excluding hydrogens is 230 g/mol. The molecule has 2 aromatic rings. The molecule has 1 atom stereocenters. The molecule has 4 heteroatoms. The van der Waals surface area contributed by atoms with Gasteiger partial charge in [0.15, 0.2) is 0 Å². The molecule has 1 N–H and O–H groups in total. The molecule has 4 nitrogen and oxygen atoms in total. The van der Waals surface area contributed by atoms with Gasteiger partial charge in [-0.25, -0.2) is 4.98 Å². The van der Waals surface area contributed by atoms with E-state index in [1.807, 2.05) is 0 Å². The summed E-state index contributed by atoms with van der Waals surface area (Å²) < 4.78 is 10.7. The molecule has 18 heavy (non-hydrogen) atoms. The lowest BCUT2D eigenvalue weighted by atomic mass is 10.2. The third kappa shape index (κ3) is 2.78. The van der Waals surface area contributed by atoms with Gasteiger partial charge in [0.05, 0.1) is 13.2 Å². The Morgan fingerprint density at radius 1 is 1.11 bits per heavy atom. The van der Waals surface area contributed by atoms with Gasteiger partial charge in [0, 0.05) is 11.8 Å². The maximum Gasteiger partial charge on any atom is 0.225 e. The SMILES string of the molecule is COc1ccc(Oc2ncccc2[C@H](C)O)cc1. The van der Waals surface area contributed by atoms with Gasteiger partial charge < -0.3 is 14.6 Å². The number of rotatable bonds is 4. The average Bonchev–Trinajstić information content (AvgIpc) is 2.40.